The van der Waals surface area contributed by atoms with Crippen molar-refractivity contribution in [3.63, 3.8) is 0 Å². The van der Waals surface area contributed by atoms with Gasteiger partial charge >= 0.3 is 0 Å². The first-order valence-corrected chi connectivity index (χ1v) is 7.25. The minimum atomic E-state index is -0.353. The summed E-state index contributed by atoms with van der Waals surface area (Å²) in [4.78, 5) is 0. The number of hydrogen-bond donors (Lipinski definition) is 0. The van der Waals surface area contributed by atoms with Gasteiger partial charge in [-0.2, -0.15) is 0 Å². The molecule has 0 aliphatic carbocycles. The van der Waals surface area contributed by atoms with E-state index < -0.39 is 0 Å². The van der Waals surface area contributed by atoms with Crippen molar-refractivity contribution in [2.75, 3.05) is 6.61 Å². The van der Waals surface area contributed by atoms with E-state index in [4.69, 9.17) is 13.9 Å². The van der Waals surface area contributed by atoms with Crippen molar-refractivity contribution in [2.24, 2.45) is 0 Å². The number of nitrogens with zero attached hydrogens (tertiary/aromatic N) is 2. The molecule has 0 spiro atoms. The van der Waals surface area contributed by atoms with Crippen LogP contribution in [-0.4, -0.2) is 16.8 Å². The van der Waals surface area contributed by atoms with E-state index >= 15 is 0 Å². The van der Waals surface area contributed by atoms with E-state index in [0.717, 1.165) is 23.3 Å². The second kappa shape index (κ2) is 5.72. The molecule has 1 aromatic heterocycles. The van der Waals surface area contributed by atoms with Gasteiger partial charge in [-0.05, 0) is 35.9 Å². The lowest BCUT2D eigenvalue weighted by molar-refractivity contribution is 0.263. The summed E-state index contributed by atoms with van der Waals surface area (Å²) in [5.41, 5.74) is 1.98. The quantitative estimate of drug-likeness (QED) is 0.739. The van der Waals surface area contributed by atoms with E-state index in [0.29, 0.717) is 24.1 Å². The summed E-state index contributed by atoms with van der Waals surface area (Å²) in [5, 5.41) is 7.99. The zero-order valence-corrected chi connectivity index (χ0v) is 12.2. The van der Waals surface area contributed by atoms with Crippen LogP contribution < -0.4 is 9.47 Å². The minimum Gasteiger partial charge on any atom is -0.493 e. The zero-order valence-electron chi connectivity index (χ0n) is 12.2. The normalized spacial score (nSPS) is 12.7. The highest BCUT2D eigenvalue weighted by Gasteiger charge is 2.15. The molecular formula is C17H13FN2O3. The number of fused-ring (bicyclic) bond motifs is 1. The van der Waals surface area contributed by atoms with Crippen LogP contribution in [0.5, 0.6) is 11.5 Å². The highest BCUT2D eigenvalue weighted by Crippen LogP contribution is 2.30. The highest BCUT2D eigenvalue weighted by atomic mass is 19.1. The van der Waals surface area contributed by atoms with Crippen LogP contribution in [0.2, 0.25) is 0 Å². The molecule has 0 atom stereocenters. The van der Waals surface area contributed by atoms with E-state index in [1.54, 1.807) is 12.1 Å². The van der Waals surface area contributed by atoms with Crippen molar-refractivity contribution < 1.29 is 18.3 Å². The van der Waals surface area contributed by atoms with E-state index in [1.165, 1.54) is 12.1 Å². The SMILES string of the molecule is Fc1cccc(OCc2nnc(-c3ccc4c(c3)CCO4)o2)c1. The molecule has 23 heavy (non-hydrogen) atoms. The molecule has 6 heteroatoms. The number of halogens is 1. The van der Waals surface area contributed by atoms with Gasteiger partial charge in [-0.25, -0.2) is 4.39 Å². The largest absolute Gasteiger partial charge is 0.493 e. The molecule has 116 valence electrons. The van der Waals surface area contributed by atoms with Crippen molar-refractivity contribution in [2.45, 2.75) is 13.0 Å². The third-order valence-corrected chi connectivity index (χ3v) is 3.56. The Morgan fingerprint density at radius 2 is 2.09 bits per heavy atom. The zero-order chi connectivity index (χ0) is 15.6. The Labute approximate surface area is 131 Å². The topological polar surface area (TPSA) is 57.4 Å². The lowest BCUT2D eigenvalue weighted by Gasteiger charge is -2.02. The summed E-state index contributed by atoms with van der Waals surface area (Å²) in [6.07, 6.45) is 0.882. The molecule has 2 heterocycles. The maximum absolute atomic E-state index is 13.1. The number of rotatable bonds is 4. The van der Waals surface area contributed by atoms with Crippen LogP contribution in [0, 0.1) is 5.82 Å². The van der Waals surface area contributed by atoms with Crippen LogP contribution in [0.15, 0.2) is 46.9 Å². The maximum atomic E-state index is 13.1. The molecule has 3 aromatic rings. The van der Waals surface area contributed by atoms with Crippen LogP contribution in [-0.2, 0) is 13.0 Å². The Hall–Kier alpha value is -2.89. The number of benzene rings is 2. The van der Waals surface area contributed by atoms with Crippen LogP contribution >= 0.6 is 0 Å². The molecule has 0 bridgehead atoms. The molecule has 0 saturated carbocycles. The standard InChI is InChI=1S/C17H13FN2O3/c18-13-2-1-3-14(9-13)22-10-16-19-20-17(23-16)12-4-5-15-11(8-12)6-7-21-15/h1-5,8-9H,6-7,10H2. The summed E-state index contributed by atoms with van der Waals surface area (Å²) < 4.78 is 29.6. The molecule has 0 unspecified atom stereocenters. The monoisotopic (exact) mass is 312 g/mol. The van der Waals surface area contributed by atoms with Crippen LogP contribution in [0.3, 0.4) is 0 Å². The number of aromatic nitrogens is 2. The second-order valence-electron chi connectivity index (χ2n) is 5.17. The lowest BCUT2D eigenvalue weighted by Crippen LogP contribution is -1.95. The van der Waals surface area contributed by atoms with Gasteiger partial charge in [0, 0.05) is 18.1 Å². The van der Waals surface area contributed by atoms with Crippen molar-refractivity contribution in [1.82, 2.24) is 10.2 Å². The Kier molecular flexibility index (Phi) is 3.42. The average molecular weight is 312 g/mol. The van der Waals surface area contributed by atoms with Crippen molar-refractivity contribution in [1.29, 1.82) is 0 Å². The van der Waals surface area contributed by atoms with Gasteiger partial charge in [0.2, 0.25) is 5.89 Å². The maximum Gasteiger partial charge on any atom is 0.254 e. The summed E-state index contributed by atoms with van der Waals surface area (Å²) in [5.74, 6) is 1.73. The first-order valence-electron chi connectivity index (χ1n) is 7.25. The third kappa shape index (κ3) is 2.88. The predicted octanol–water partition coefficient (Wildman–Crippen LogP) is 3.39. The van der Waals surface area contributed by atoms with E-state index in [9.17, 15) is 4.39 Å². The Balaban J connectivity index is 1.48. The van der Waals surface area contributed by atoms with Gasteiger partial charge in [-0.15, -0.1) is 10.2 Å². The summed E-state index contributed by atoms with van der Waals surface area (Å²) in [7, 11) is 0. The Bertz CT molecular complexity index is 847. The van der Waals surface area contributed by atoms with Gasteiger partial charge in [0.1, 0.15) is 17.3 Å². The van der Waals surface area contributed by atoms with Crippen molar-refractivity contribution in [3.05, 3.63) is 59.7 Å². The smallest absolute Gasteiger partial charge is 0.254 e. The Morgan fingerprint density at radius 3 is 3.00 bits per heavy atom. The molecular weight excluding hydrogens is 299 g/mol. The molecule has 0 saturated heterocycles. The van der Waals surface area contributed by atoms with Crippen LogP contribution in [0.1, 0.15) is 11.5 Å². The van der Waals surface area contributed by atoms with Gasteiger partial charge in [0.05, 0.1) is 6.61 Å². The van der Waals surface area contributed by atoms with Gasteiger partial charge in [0.15, 0.2) is 6.61 Å². The molecule has 0 N–H and O–H groups in total. The average Bonchev–Trinajstić information content (AvgIpc) is 3.21. The van der Waals surface area contributed by atoms with Gasteiger partial charge in [-0.1, -0.05) is 6.07 Å². The molecule has 1 aliphatic heterocycles. The molecule has 5 nitrogen and oxygen atoms in total. The fourth-order valence-electron chi connectivity index (χ4n) is 2.45. The van der Waals surface area contributed by atoms with Crippen molar-refractivity contribution >= 4 is 0 Å². The fraction of sp³-hybridized carbons (Fsp3) is 0.176. The first kappa shape index (κ1) is 13.8. The molecule has 0 fully saturated rings. The van der Waals surface area contributed by atoms with E-state index in [1.807, 2.05) is 18.2 Å². The number of hydrogen-bond acceptors (Lipinski definition) is 5. The molecule has 1 aliphatic rings. The minimum absolute atomic E-state index is 0.0878. The van der Waals surface area contributed by atoms with Crippen LogP contribution in [0.4, 0.5) is 4.39 Å². The second-order valence-corrected chi connectivity index (χ2v) is 5.17. The summed E-state index contributed by atoms with van der Waals surface area (Å²) in [6, 6.07) is 11.7. The fourth-order valence-corrected chi connectivity index (χ4v) is 2.45. The molecule has 0 amide bonds. The van der Waals surface area contributed by atoms with Crippen molar-refractivity contribution in [3.8, 4) is 23.0 Å². The van der Waals surface area contributed by atoms with Gasteiger partial charge in [-0.3, -0.25) is 0 Å². The number of ether oxygens (including phenoxy) is 2. The van der Waals surface area contributed by atoms with E-state index in [2.05, 4.69) is 10.2 Å². The van der Waals surface area contributed by atoms with Gasteiger partial charge < -0.3 is 13.9 Å². The molecule has 0 radical (unpaired) electrons. The molecule has 2 aromatic carbocycles. The summed E-state index contributed by atoms with van der Waals surface area (Å²) in [6.45, 7) is 0.792. The third-order valence-electron chi connectivity index (χ3n) is 3.56. The Morgan fingerprint density at radius 1 is 1.13 bits per heavy atom. The predicted molar refractivity (Wildman–Crippen MR) is 79.7 cm³/mol. The summed E-state index contributed by atoms with van der Waals surface area (Å²) >= 11 is 0. The van der Waals surface area contributed by atoms with Crippen LogP contribution in [0.25, 0.3) is 11.5 Å². The highest BCUT2D eigenvalue weighted by molar-refractivity contribution is 5.57. The van der Waals surface area contributed by atoms with Gasteiger partial charge in [0.25, 0.3) is 5.89 Å². The lowest BCUT2D eigenvalue weighted by atomic mass is 10.1. The van der Waals surface area contributed by atoms with E-state index in [-0.39, 0.29) is 12.4 Å². The first-order chi connectivity index (χ1) is 11.3. The molecule has 4 rings (SSSR count).